The molecule has 0 aliphatic carbocycles. The highest BCUT2D eigenvalue weighted by Crippen LogP contribution is 2.12. The maximum absolute atomic E-state index is 12.1. The van der Waals surface area contributed by atoms with E-state index in [0.717, 1.165) is 17.8 Å². The van der Waals surface area contributed by atoms with Crippen molar-refractivity contribution in [2.24, 2.45) is 4.99 Å². The monoisotopic (exact) mass is 280 g/mol. The molecule has 0 saturated heterocycles. The van der Waals surface area contributed by atoms with Crippen LogP contribution in [0.4, 0.5) is 4.39 Å². The molecule has 0 aromatic carbocycles. The molecular formula is C17H29FN2. The van der Waals surface area contributed by atoms with Crippen molar-refractivity contribution < 1.29 is 4.39 Å². The molecular weight excluding hydrogens is 251 g/mol. The molecule has 0 radical (unpaired) electrons. The number of aliphatic imine (C=N–C) groups is 1. The summed E-state index contributed by atoms with van der Waals surface area (Å²) in [5, 5.41) is 0. The van der Waals surface area contributed by atoms with Crippen LogP contribution in [0.3, 0.4) is 0 Å². The van der Waals surface area contributed by atoms with E-state index >= 15 is 0 Å². The van der Waals surface area contributed by atoms with Crippen LogP contribution in [0, 0.1) is 13.8 Å². The van der Waals surface area contributed by atoms with Gasteiger partial charge in [0.25, 0.3) is 0 Å². The Bertz CT molecular complexity index is 353. The highest BCUT2D eigenvalue weighted by atomic mass is 19.1. The Hall–Kier alpha value is -1.51. The van der Waals surface area contributed by atoms with Gasteiger partial charge in [-0.1, -0.05) is 33.8 Å². The third kappa shape index (κ3) is 11.6. The first-order chi connectivity index (χ1) is 9.58. The quantitative estimate of drug-likeness (QED) is 0.589. The molecule has 0 N–H and O–H groups in total. The lowest BCUT2D eigenvalue weighted by Gasteiger charge is -2.01. The molecule has 2 heterocycles. The summed E-state index contributed by atoms with van der Waals surface area (Å²) in [7, 11) is 0. The average molecular weight is 280 g/mol. The van der Waals surface area contributed by atoms with E-state index in [2.05, 4.69) is 16.0 Å². The van der Waals surface area contributed by atoms with E-state index in [-0.39, 0.29) is 5.83 Å². The van der Waals surface area contributed by atoms with Gasteiger partial charge in [0, 0.05) is 24.0 Å². The van der Waals surface area contributed by atoms with Gasteiger partial charge in [-0.25, -0.2) is 4.39 Å². The molecule has 1 aromatic rings. The molecule has 2 nitrogen and oxygen atoms in total. The van der Waals surface area contributed by atoms with Crippen molar-refractivity contribution >= 4 is 5.71 Å². The zero-order valence-corrected chi connectivity index (χ0v) is 14.0. The highest BCUT2D eigenvalue weighted by molar-refractivity contribution is 5.83. The van der Waals surface area contributed by atoms with Gasteiger partial charge < -0.3 is 0 Å². The molecule has 0 fully saturated rings. The van der Waals surface area contributed by atoms with Crippen molar-refractivity contribution in [1.82, 2.24) is 4.98 Å². The van der Waals surface area contributed by atoms with Gasteiger partial charge in [0.15, 0.2) is 0 Å². The van der Waals surface area contributed by atoms with E-state index in [1.165, 1.54) is 11.8 Å². The topological polar surface area (TPSA) is 25.2 Å². The Morgan fingerprint density at radius 1 is 0.950 bits per heavy atom. The van der Waals surface area contributed by atoms with Crippen LogP contribution >= 0.6 is 0 Å². The van der Waals surface area contributed by atoms with Gasteiger partial charge in [-0.3, -0.25) is 9.98 Å². The molecule has 0 unspecified atom stereocenters. The van der Waals surface area contributed by atoms with Crippen LogP contribution in [0.25, 0.3) is 0 Å². The summed E-state index contributed by atoms with van der Waals surface area (Å²) in [5.41, 5.74) is 3.32. The molecule has 1 aromatic heterocycles. The summed E-state index contributed by atoms with van der Waals surface area (Å²) in [6.07, 6.45) is 4.48. The van der Waals surface area contributed by atoms with Gasteiger partial charge in [-0.2, -0.15) is 0 Å². The molecule has 114 valence electrons. The van der Waals surface area contributed by atoms with E-state index in [1.54, 1.807) is 0 Å². The summed E-state index contributed by atoms with van der Waals surface area (Å²) in [6.45, 7) is 13.9. The average Bonchev–Trinajstić information content (AvgIpc) is 2.50. The summed E-state index contributed by atoms with van der Waals surface area (Å²) in [4.78, 5) is 7.87. The number of aromatic nitrogens is 1. The number of aryl methyl sites for hydroxylation is 2. The van der Waals surface area contributed by atoms with Crippen LogP contribution in [0.1, 0.15) is 58.7 Å². The Kier molecular flexibility index (Phi) is 14.5. The molecule has 0 spiro atoms. The second-order valence-electron chi connectivity index (χ2n) is 3.92. The first-order valence-corrected chi connectivity index (χ1v) is 7.35. The second kappa shape index (κ2) is 13.9. The van der Waals surface area contributed by atoms with Crippen LogP contribution in [0.15, 0.2) is 35.3 Å². The number of hydrogen-bond donors (Lipinski definition) is 0. The molecule has 1 aliphatic rings. The summed E-state index contributed by atoms with van der Waals surface area (Å²) < 4.78 is 12.1. The predicted molar refractivity (Wildman–Crippen MR) is 87.9 cm³/mol. The van der Waals surface area contributed by atoms with Crippen LogP contribution in [0.2, 0.25) is 0 Å². The number of allylic oxidation sites excluding steroid dienone is 1. The SMILES string of the molecule is CC.CC.CC1=NC=C(F)CC1.Cc1ccc(C)nc1. The smallest absolute Gasteiger partial charge is 0.118 e. The fraction of sp³-hybridized carbons (Fsp3) is 0.529. The largest absolute Gasteiger partial charge is 0.263 e. The van der Waals surface area contributed by atoms with Crippen molar-refractivity contribution in [3.63, 3.8) is 0 Å². The van der Waals surface area contributed by atoms with Gasteiger partial charge in [-0.15, -0.1) is 0 Å². The third-order valence-electron chi connectivity index (χ3n) is 2.21. The van der Waals surface area contributed by atoms with Crippen molar-refractivity contribution in [3.05, 3.63) is 41.6 Å². The van der Waals surface area contributed by atoms with Gasteiger partial charge in [-0.05, 0) is 38.8 Å². The summed E-state index contributed by atoms with van der Waals surface area (Å²) in [5.74, 6) is -0.101. The first-order valence-electron chi connectivity index (χ1n) is 7.35. The number of halogens is 1. The third-order valence-corrected chi connectivity index (χ3v) is 2.21. The number of hydrogen-bond acceptors (Lipinski definition) is 2. The summed E-state index contributed by atoms with van der Waals surface area (Å²) >= 11 is 0. The van der Waals surface area contributed by atoms with Crippen LogP contribution in [-0.2, 0) is 0 Å². The van der Waals surface area contributed by atoms with Crippen molar-refractivity contribution in [2.45, 2.75) is 61.3 Å². The maximum atomic E-state index is 12.1. The zero-order valence-electron chi connectivity index (χ0n) is 14.0. The Morgan fingerprint density at radius 2 is 1.55 bits per heavy atom. The van der Waals surface area contributed by atoms with Crippen molar-refractivity contribution in [3.8, 4) is 0 Å². The Morgan fingerprint density at radius 3 is 1.85 bits per heavy atom. The normalized spacial score (nSPS) is 12.2. The van der Waals surface area contributed by atoms with E-state index in [1.807, 2.05) is 60.7 Å². The van der Waals surface area contributed by atoms with Gasteiger partial charge >= 0.3 is 0 Å². The second-order valence-corrected chi connectivity index (χ2v) is 3.92. The minimum atomic E-state index is -0.101. The lowest BCUT2D eigenvalue weighted by Crippen LogP contribution is -1.94. The Labute approximate surface area is 123 Å². The molecule has 3 heteroatoms. The van der Waals surface area contributed by atoms with Crippen LogP contribution < -0.4 is 0 Å². The molecule has 0 atom stereocenters. The number of pyridine rings is 1. The lowest BCUT2D eigenvalue weighted by molar-refractivity contribution is 0.587. The van der Waals surface area contributed by atoms with Crippen molar-refractivity contribution in [1.29, 1.82) is 0 Å². The van der Waals surface area contributed by atoms with E-state index < -0.39 is 0 Å². The minimum absolute atomic E-state index is 0.101. The maximum Gasteiger partial charge on any atom is 0.118 e. The van der Waals surface area contributed by atoms with E-state index in [0.29, 0.717) is 6.42 Å². The minimum Gasteiger partial charge on any atom is -0.263 e. The fourth-order valence-corrected chi connectivity index (χ4v) is 1.15. The van der Waals surface area contributed by atoms with Gasteiger partial charge in [0.1, 0.15) is 5.83 Å². The van der Waals surface area contributed by atoms with E-state index in [9.17, 15) is 4.39 Å². The molecule has 0 amide bonds. The van der Waals surface area contributed by atoms with Gasteiger partial charge in [0.05, 0.1) is 6.20 Å². The molecule has 0 bridgehead atoms. The van der Waals surface area contributed by atoms with Crippen LogP contribution in [-0.4, -0.2) is 10.7 Å². The van der Waals surface area contributed by atoms with Gasteiger partial charge in [0.2, 0.25) is 0 Å². The molecule has 1 aliphatic heterocycles. The van der Waals surface area contributed by atoms with Crippen LogP contribution in [0.5, 0.6) is 0 Å². The number of nitrogens with zero attached hydrogens (tertiary/aromatic N) is 2. The predicted octanol–water partition coefficient (Wildman–Crippen LogP) is 5.80. The lowest BCUT2D eigenvalue weighted by atomic mass is 10.2. The number of rotatable bonds is 0. The molecule has 2 rings (SSSR count). The standard InChI is InChI=1S/C7H9N.C6H8FN.2C2H6/c1-6-3-4-7(2)8-5-6;1-5-2-3-6(7)4-8-5;2*1-2/h3-5H,1-2H3;4H,2-3H2,1H3;2*1-2H3. The Balaban J connectivity index is 0. The molecule has 0 saturated carbocycles. The molecule has 20 heavy (non-hydrogen) atoms. The van der Waals surface area contributed by atoms with E-state index in [4.69, 9.17) is 0 Å². The first kappa shape index (κ1) is 20.8. The van der Waals surface area contributed by atoms with Crippen molar-refractivity contribution in [2.75, 3.05) is 0 Å². The highest BCUT2D eigenvalue weighted by Gasteiger charge is 2.00. The zero-order chi connectivity index (χ0) is 16.0. The fourth-order valence-electron chi connectivity index (χ4n) is 1.15. The summed E-state index contributed by atoms with van der Waals surface area (Å²) in [6, 6.07) is 4.07.